The van der Waals surface area contributed by atoms with E-state index in [1.54, 1.807) is 0 Å². The smallest absolute Gasteiger partial charge is 0.227 e. The zero-order valence-electron chi connectivity index (χ0n) is 17.1. The van der Waals surface area contributed by atoms with E-state index in [2.05, 4.69) is 57.1 Å². The molecule has 1 amide bonds. The summed E-state index contributed by atoms with van der Waals surface area (Å²) in [6.45, 7) is 6.16. The molecule has 3 atom stereocenters. The number of rotatable bonds is 5. The zero-order chi connectivity index (χ0) is 20.4. The van der Waals surface area contributed by atoms with Crippen molar-refractivity contribution in [3.63, 3.8) is 0 Å². The van der Waals surface area contributed by atoms with Gasteiger partial charge in [-0.2, -0.15) is 0 Å². The van der Waals surface area contributed by atoms with Gasteiger partial charge in [0.1, 0.15) is 0 Å². The van der Waals surface area contributed by atoms with Crippen LogP contribution in [0.25, 0.3) is 10.9 Å². The zero-order valence-corrected chi connectivity index (χ0v) is 17.1. The lowest BCUT2D eigenvalue weighted by atomic mass is 9.91. The van der Waals surface area contributed by atoms with Gasteiger partial charge in [-0.15, -0.1) is 0 Å². The number of aromatic nitrogens is 2. The third-order valence-electron chi connectivity index (χ3n) is 5.59. The normalized spacial score (nSPS) is 21.8. The minimum Gasteiger partial charge on any atom is -0.323 e. The monoisotopic (exact) mass is 389 g/mol. The fraction of sp³-hybridized carbons (Fsp3) is 0.348. The summed E-state index contributed by atoms with van der Waals surface area (Å²) in [4.78, 5) is 22.0. The Morgan fingerprint density at radius 2 is 1.86 bits per heavy atom. The van der Waals surface area contributed by atoms with Crippen molar-refractivity contribution in [1.82, 2.24) is 20.6 Å². The first-order valence-electron chi connectivity index (χ1n) is 10.2. The number of hydrogen-bond donors (Lipinski definition) is 3. The molecule has 0 radical (unpaired) electrons. The van der Waals surface area contributed by atoms with Crippen LogP contribution >= 0.6 is 0 Å². The van der Waals surface area contributed by atoms with Gasteiger partial charge in [-0.05, 0) is 49.9 Å². The second-order valence-electron chi connectivity index (χ2n) is 7.68. The topological polar surface area (TPSA) is 78.9 Å². The molecule has 3 unspecified atom stereocenters. The maximum atomic E-state index is 12.7. The first kappa shape index (κ1) is 19.3. The molecule has 0 spiro atoms. The van der Waals surface area contributed by atoms with Crippen LogP contribution in [0, 0.1) is 12.8 Å². The number of carbonyl (C=O) groups excluding carboxylic acids is 1. The van der Waals surface area contributed by atoms with Gasteiger partial charge in [0.05, 0.1) is 17.1 Å². The molecule has 2 heterocycles. The van der Waals surface area contributed by atoms with Crippen molar-refractivity contribution in [3.8, 4) is 0 Å². The summed E-state index contributed by atoms with van der Waals surface area (Å²) in [7, 11) is 0. The van der Waals surface area contributed by atoms with Crippen LogP contribution in [0.5, 0.6) is 0 Å². The van der Waals surface area contributed by atoms with Crippen molar-refractivity contribution in [2.75, 3.05) is 5.32 Å². The van der Waals surface area contributed by atoms with E-state index < -0.39 is 6.29 Å². The number of anilines is 1. The number of amides is 1. The highest BCUT2D eigenvalue weighted by atomic mass is 16.2. The highest BCUT2D eigenvalue weighted by Crippen LogP contribution is 2.21. The molecule has 6 nitrogen and oxygen atoms in total. The molecule has 2 aromatic carbocycles. The molecule has 0 saturated carbocycles. The molecule has 1 saturated heterocycles. The highest BCUT2D eigenvalue weighted by Gasteiger charge is 2.33. The van der Waals surface area contributed by atoms with E-state index in [4.69, 9.17) is 0 Å². The van der Waals surface area contributed by atoms with Gasteiger partial charge >= 0.3 is 0 Å². The second kappa shape index (κ2) is 8.17. The average Bonchev–Trinajstić information content (AvgIpc) is 2.71. The average molecular weight is 390 g/mol. The summed E-state index contributed by atoms with van der Waals surface area (Å²) in [5, 5.41) is 10.7. The van der Waals surface area contributed by atoms with E-state index in [0.717, 1.165) is 28.6 Å². The highest BCUT2D eigenvalue weighted by molar-refractivity contribution is 5.83. The first-order chi connectivity index (χ1) is 14.0. The van der Waals surface area contributed by atoms with E-state index in [9.17, 15) is 4.79 Å². The summed E-state index contributed by atoms with van der Waals surface area (Å²) in [5.74, 6) is 0.413. The third kappa shape index (κ3) is 4.22. The lowest BCUT2D eigenvalue weighted by molar-refractivity contribution is -0.128. The minimum atomic E-state index is -0.406. The third-order valence-corrected chi connectivity index (χ3v) is 5.59. The Bertz CT molecular complexity index is 1020. The van der Waals surface area contributed by atoms with Crippen molar-refractivity contribution in [2.45, 2.75) is 45.9 Å². The molecular formula is C23H27N5O. The van der Waals surface area contributed by atoms with Crippen LogP contribution in [-0.4, -0.2) is 28.2 Å². The maximum Gasteiger partial charge on any atom is 0.227 e. The van der Waals surface area contributed by atoms with Gasteiger partial charge in [0, 0.05) is 11.4 Å². The molecule has 3 N–H and O–H groups in total. The summed E-state index contributed by atoms with van der Waals surface area (Å²) >= 11 is 0. The number of carbonyl (C=O) groups is 1. The van der Waals surface area contributed by atoms with E-state index >= 15 is 0 Å². The molecule has 1 fully saturated rings. The SMILES string of the molecule is CCc1ccc2nc(NC3NC(=O)C(Cc4ccccc4)C(C)N3)nc(C)c2c1. The lowest BCUT2D eigenvalue weighted by Gasteiger charge is -2.36. The first-order valence-corrected chi connectivity index (χ1v) is 10.2. The van der Waals surface area contributed by atoms with Gasteiger partial charge in [-0.25, -0.2) is 9.97 Å². The molecule has 150 valence electrons. The number of fused-ring (bicyclic) bond motifs is 1. The van der Waals surface area contributed by atoms with Crippen LogP contribution in [0.1, 0.15) is 30.7 Å². The fourth-order valence-corrected chi connectivity index (χ4v) is 3.85. The molecule has 3 aromatic rings. The van der Waals surface area contributed by atoms with Crippen molar-refractivity contribution in [3.05, 3.63) is 65.4 Å². The number of hydrogen-bond acceptors (Lipinski definition) is 5. The maximum absolute atomic E-state index is 12.7. The summed E-state index contributed by atoms with van der Waals surface area (Å²) in [6, 6.07) is 16.4. The number of nitrogens with one attached hydrogen (secondary N) is 3. The Kier molecular flexibility index (Phi) is 5.45. The standard InChI is InChI=1S/C23H27N5O/c1-4-16-10-11-20-18(12-16)14(2)24-22(26-20)28-23-25-15(3)19(21(29)27-23)13-17-8-6-5-7-9-17/h5-12,15,19,23,25H,4,13H2,1-3H3,(H,27,29)(H,24,26,28). The Morgan fingerprint density at radius 1 is 1.07 bits per heavy atom. The largest absolute Gasteiger partial charge is 0.323 e. The molecule has 1 aromatic heterocycles. The van der Waals surface area contributed by atoms with Crippen molar-refractivity contribution < 1.29 is 4.79 Å². The summed E-state index contributed by atoms with van der Waals surface area (Å²) in [5.41, 5.74) is 4.25. The van der Waals surface area contributed by atoms with Crippen molar-refractivity contribution >= 4 is 22.8 Å². The van der Waals surface area contributed by atoms with Gasteiger partial charge in [0.2, 0.25) is 11.9 Å². The van der Waals surface area contributed by atoms with Gasteiger partial charge in [-0.1, -0.05) is 43.3 Å². The Balaban J connectivity index is 1.47. The van der Waals surface area contributed by atoms with Crippen molar-refractivity contribution in [2.24, 2.45) is 5.92 Å². The van der Waals surface area contributed by atoms with Gasteiger partial charge in [0.15, 0.2) is 6.29 Å². The molecule has 4 rings (SSSR count). The fourth-order valence-electron chi connectivity index (χ4n) is 3.85. The van der Waals surface area contributed by atoms with E-state index in [1.165, 1.54) is 5.56 Å². The number of aryl methyl sites for hydroxylation is 2. The van der Waals surface area contributed by atoms with Crippen LogP contribution in [0.15, 0.2) is 48.5 Å². The molecule has 0 bridgehead atoms. The van der Waals surface area contributed by atoms with Gasteiger partial charge in [-0.3, -0.25) is 10.1 Å². The van der Waals surface area contributed by atoms with Crippen LogP contribution in [0.4, 0.5) is 5.95 Å². The van der Waals surface area contributed by atoms with E-state index in [-0.39, 0.29) is 17.9 Å². The van der Waals surface area contributed by atoms with Crippen LogP contribution < -0.4 is 16.0 Å². The number of nitrogens with zero attached hydrogens (tertiary/aromatic N) is 2. The summed E-state index contributed by atoms with van der Waals surface area (Å²) in [6.07, 6.45) is 1.28. The predicted octanol–water partition coefficient (Wildman–Crippen LogP) is 3.16. The van der Waals surface area contributed by atoms with Crippen molar-refractivity contribution in [1.29, 1.82) is 0 Å². The molecule has 1 aliphatic rings. The molecule has 1 aliphatic heterocycles. The Hall–Kier alpha value is -2.99. The van der Waals surface area contributed by atoms with Crippen LogP contribution in [-0.2, 0) is 17.6 Å². The quantitative estimate of drug-likeness (QED) is 0.625. The number of benzene rings is 2. The van der Waals surface area contributed by atoms with Gasteiger partial charge in [0.25, 0.3) is 0 Å². The van der Waals surface area contributed by atoms with E-state index in [1.807, 2.05) is 38.1 Å². The van der Waals surface area contributed by atoms with Gasteiger partial charge < -0.3 is 10.6 Å². The predicted molar refractivity (Wildman–Crippen MR) is 115 cm³/mol. The van der Waals surface area contributed by atoms with E-state index in [0.29, 0.717) is 12.4 Å². The molecular weight excluding hydrogens is 362 g/mol. The second-order valence-corrected chi connectivity index (χ2v) is 7.68. The minimum absolute atomic E-state index is 0.0233. The lowest BCUT2D eigenvalue weighted by Crippen LogP contribution is -2.63. The summed E-state index contributed by atoms with van der Waals surface area (Å²) < 4.78 is 0. The Labute approximate surface area is 171 Å². The molecule has 0 aliphatic carbocycles. The van der Waals surface area contributed by atoms with Crippen LogP contribution in [0.3, 0.4) is 0 Å². The molecule has 29 heavy (non-hydrogen) atoms. The van der Waals surface area contributed by atoms with Crippen LogP contribution in [0.2, 0.25) is 0 Å². The molecule has 6 heteroatoms. The Morgan fingerprint density at radius 3 is 2.59 bits per heavy atom.